The fraction of sp³-hybridized carbons (Fsp3) is 0.762. The lowest BCUT2D eigenvalue weighted by atomic mass is 9.90. The molecule has 4 aliphatic rings. The molecule has 0 saturated carbocycles. The Bertz CT molecular complexity index is 613. The number of amidine groups is 1. The van der Waals surface area contributed by atoms with E-state index in [0.717, 1.165) is 26.2 Å². The molecule has 4 rings (SSSR count). The van der Waals surface area contributed by atoms with Crippen molar-refractivity contribution < 1.29 is 0 Å². The Morgan fingerprint density at radius 3 is 2.89 bits per heavy atom. The summed E-state index contributed by atoms with van der Waals surface area (Å²) in [5, 5.41) is 9.38. The highest BCUT2D eigenvalue weighted by molar-refractivity contribution is 8.01. The summed E-state index contributed by atoms with van der Waals surface area (Å²) in [6.07, 6.45) is 11.2. The van der Waals surface area contributed by atoms with Crippen molar-refractivity contribution in [1.29, 1.82) is 0 Å². The van der Waals surface area contributed by atoms with Gasteiger partial charge in [0.15, 0.2) is 0 Å². The predicted octanol–water partition coefficient (Wildman–Crippen LogP) is 3.47. The maximum Gasteiger partial charge on any atom is 0.124 e. The zero-order chi connectivity index (χ0) is 18.8. The van der Waals surface area contributed by atoms with E-state index in [-0.39, 0.29) is 0 Å². The van der Waals surface area contributed by atoms with Crippen molar-refractivity contribution in [1.82, 2.24) is 15.5 Å². The van der Waals surface area contributed by atoms with Gasteiger partial charge in [-0.05, 0) is 37.9 Å². The second-order valence-electron chi connectivity index (χ2n) is 7.98. The zero-order valence-corrected chi connectivity index (χ0v) is 18.5. The Balaban J connectivity index is 1.45. The number of aliphatic imine (C=N–C) groups is 1. The highest BCUT2D eigenvalue weighted by Gasteiger charge is 2.43. The van der Waals surface area contributed by atoms with Crippen LogP contribution in [0, 0.1) is 5.92 Å². The lowest BCUT2D eigenvalue weighted by molar-refractivity contribution is 0.237. The molecule has 0 radical (unpaired) electrons. The van der Waals surface area contributed by atoms with Crippen molar-refractivity contribution in [2.75, 3.05) is 26.2 Å². The van der Waals surface area contributed by atoms with Gasteiger partial charge in [0.1, 0.15) is 11.3 Å². The average Bonchev–Trinajstić information content (AvgIpc) is 3.26. The first-order valence-electron chi connectivity index (χ1n) is 10.7. The van der Waals surface area contributed by atoms with E-state index < -0.39 is 0 Å². The van der Waals surface area contributed by atoms with Crippen molar-refractivity contribution >= 4 is 29.4 Å². The number of allylic oxidation sites excluding steroid dienone is 1. The molecule has 0 aromatic carbocycles. The smallest absolute Gasteiger partial charge is 0.124 e. The van der Waals surface area contributed by atoms with Gasteiger partial charge in [0.05, 0.1) is 6.54 Å². The molecule has 3 aliphatic heterocycles. The summed E-state index contributed by atoms with van der Waals surface area (Å²) in [5.41, 5.74) is 1.92. The Kier molecular flexibility index (Phi) is 6.57. The minimum absolute atomic E-state index is 0.447. The van der Waals surface area contributed by atoms with E-state index in [9.17, 15) is 0 Å². The predicted molar refractivity (Wildman–Crippen MR) is 121 cm³/mol. The number of fused-ring (bicyclic) bond motifs is 1. The molecule has 0 bridgehead atoms. The molecule has 0 aromatic rings. The number of hydrogen-bond donors (Lipinski definition) is 2. The summed E-state index contributed by atoms with van der Waals surface area (Å²) in [6, 6.07) is 0.519. The largest absolute Gasteiger partial charge is 0.369 e. The van der Waals surface area contributed by atoms with E-state index in [1.165, 1.54) is 30.7 Å². The third-order valence-corrected chi connectivity index (χ3v) is 9.07. The highest BCUT2D eigenvalue weighted by Crippen LogP contribution is 2.38. The molecular weight excluding hydrogens is 372 g/mol. The Morgan fingerprint density at radius 2 is 2.15 bits per heavy atom. The molecule has 6 unspecified atom stereocenters. The van der Waals surface area contributed by atoms with Crippen LogP contribution < -0.4 is 10.6 Å². The van der Waals surface area contributed by atoms with Crippen LogP contribution in [0.1, 0.15) is 40.0 Å². The van der Waals surface area contributed by atoms with Gasteiger partial charge < -0.3 is 5.32 Å². The van der Waals surface area contributed by atoms with Crippen LogP contribution in [0.15, 0.2) is 28.8 Å². The van der Waals surface area contributed by atoms with Gasteiger partial charge in [-0.3, -0.25) is 15.2 Å². The maximum absolute atomic E-state index is 4.92. The molecule has 2 N–H and O–H groups in total. The summed E-state index contributed by atoms with van der Waals surface area (Å²) >= 11 is 4.21. The van der Waals surface area contributed by atoms with Gasteiger partial charge in [-0.1, -0.05) is 39.0 Å². The summed E-state index contributed by atoms with van der Waals surface area (Å²) in [4.78, 5) is 7.45. The number of dihydropyridines is 1. The van der Waals surface area contributed by atoms with Crippen LogP contribution in [0.3, 0.4) is 0 Å². The minimum Gasteiger partial charge on any atom is -0.369 e. The third-order valence-electron chi connectivity index (χ3n) is 6.28. The van der Waals surface area contributed by atoms with Crippen LogP contribution in [-0.2, 0) is 0 Å². The standard InChI is InChI=1S/C21H34N4S2/c1-4-25(5-2)21-24-19(14(3)26-21)18-13-23-20-17(18)11-16(12-22-20)27-15-9-7-6-8-10-15/h7,9,11,14-16,18-19,21,24H,4-6,8,10,12-13H2,1-3H3,(H,22,23). The van der Waals surface area contributed by atoms with Gasteiger partial charge in [0.25, 0.3) is 0 Å². The van der Waals surface area contributed by atoms with Gasteiger partial charge >= 0.3 is 0 Å². The number of nitrogens with one attached hydrogen (secondary N) is 2. The number of hydrogen-bond acceptors (Lipinski definition) is 6. The second-order valence-corrected chi connectivity index (χ2v) is 10.9. The van der Waals surface area contributed by atoms with Crippen molar-refractivity contribution in [3.8, 4) is 0 Å². The lowest BCUT2D eigenvalue weighted by Gasteiger charge is -2.28. The topological polar surface area (TPSA) is 39.7 Å². The van der Waals surface area contributed by atoms with E-state index in [0.29, 0.717) is 33.2 Å². The number of thioether (sulfide) groups is 2. The minimum atomic E-state index is 0.447. The molecule has 150 valence electrons. The van der Waals surface area contributed by atoms with E-state index in [4.69, 9.17) is 4.99 Å². The maximum atomic E-state index is 4.92. The fourth-order valence-corrected chi connectivity index (χ4v) is 7.61. The van der Waals surface area contributed by atoms with Crippen LogP contribution in [0.4, 0.5) is 0 Å². The monoisotopic (exact) mass is 406 g/mol. The highest BCUT2D eigenvalue weighted by atomic mass is 32.2. The first-order chi connectivity index (χ1) is 13.2. The first kappa shape index (κ1) is 19.9. The molecule has 6 atom stereocenters. The van der Waals surface area contributed by atoms with Crippen molar-refractivity contribution in [3.63, 3.8) is 0 Å². The van der Waals surface area contributed by atoms with Crippen molar-refractivity contribution in [2.45, 2.75) is 67.3 Å². The average molecular weight is 407 g/mol. The van der Waals surface area contributed by atoms with Crippen LogP contribution in [0.5, 0.6) is 0 Å². The van der Waals surface area contributed by atoms with Gasteiger partial charge in [-0.2, -0.15) is 0 Å². The van der Waals surface area contributed by atoms with Crippen molar-refractivity contribution in [2.24, 2.45) is 10.9 Å². The third kappa shape index (κ3) is 4.29. The number of nitrogens with zero attached hydrogens (tertiary/aromatic N) is 2. The summed E-state index contributed by atoms with van der Waals surface area (Å²) in [6.45, 7) is 11.1. The molecule has 2 saturated heterocycles. The van der Waals surface area contributed by atoms with Gasteiger partial charge in [0, 0.05) is 34.3 Å². The molecule has 0 aromatic heterocycles. The van der Waals surface area contributed by atoms with E-state index in [1.807, 2.05) is 0 Å². The second kappa shape index (κ2) is 8.93. The zero-order valence-electron chi connectivity index (χ0n) is 16.9. The van der Waals surface area contributed by atoms with Crippen molar-refractivity contribution in [3.05, 3.63) is 23.8 Å². The molecule has 27 heavy (non-hydrogen) atoms. The Hall–Kier alpha value is -0.430. The van der Waals surface area contributed by atoms with Gasteiger partial charge in [-0.15, -0.1) is 23.5 Å². The van der Waals surface area contributed by atoms with Crippen LogP contribution >= 0.6 is 23.5 Å². The molecule has 2 fully saturated rings. The normalized spacial score (nSPS) is 38.5. The van der Waals surface area contributed by atoms with Gasteiger partial charge in [0.2, 0.25) is 0 Å². The summed E-state index contributed by atoms with van der Waals surface area (Å²) in [7, 11) is 0. The van der Waals surface area contributed by atoms with Gasteiger partial charge in [-0.25, -0.2) is 0 Å². The molecule has 4 nitrogen and oxygen atoms in total. The SMILES string of the molecule is CCN(CC)C1NC(C2CNC3=NCC(SC4C=CCCC4)C=C32)C(C)S1. The van der Waals surface area contributed by atoms with E-state index in [2.05, 4.69) is 78.1 Å². The van der Waals surface area contributed by atoms with Crippen LogP contribution in [-0.4, -0.2) is 64.2 Å². The van der Waals surface area contributed by atoms with Crippen LogP contribution in [0.25, 0.3) is 0 Å². The summed E-state index contributed by atoms with van der Waals surface area (Å²) in [5.74, 6) is 1.71. The molecule has 6 heteroatoms. The lowest BCUT2D eigenvalue weighted by Crippen LogP contribution is -2.46. The Labute approximate surface area is 173 Å². The molecular formula is C21H34N4S2. The molecule has 0 spiro atoms. The first-order valence-corrected chi connectivity index (χ1v) is 12.6. The number of rotatable bonds is 6. The van der Waals surface area contributed by atoms with Crippen LogP contribution in [0.2, 0.25) is 0 Å². The Morgan fingerprint density at radius 1 is 1.30 bits per heavy atom. The molecule has 1 aliphatic carbocycles. The summed E-state index contributed by atoms with van der Waals surface area (Å²) < 4.78 is 0. The van der Waals surface area contributed by atoms with E-state index >= 15 is 0 Å². The molecule has 0 amide bonds. The fourth-order valence-electron chi connectivity index (χ4n) is 4.72. The quantitative estimate of drug-likeness (QED) is 0.661. The molecule has 3 heterocycles. The van der Waals surface area contributed by atoms with E-state index in [1.54, 1.807) is 0 Å².